The second kappa shape index (κ2) is 6.10. The molecular formula is C21H25NO. The molecule has 0 radical (unpaired) electrons. The number of nitrogens with zero attached hydrogens (tertiary/aromatic N) is 1. The van der Waals surface area contributed by atoms with Crippen LogP contribution >= 0.6 is 0 Å². The summed E-state index contributed by atoms with van der Waals surface area (Å²) in [5.41, 5.74) is 2.48. The Kier molecular flexibility index (Phi) is 3.96. The van der Waals surface area contributed by atoms with Crippen molar-refractivity contribution in [2.24, 2.45) is 0 Å². The van der Waals surface area contributed by atoms with Crippen molar-refractivity contribution in [2.45, 2.75) is 50.0 Å². The fourth-order valence-electron chi connectivity index (χ4n) is 4.40. The van der Waals surface area contributed by atoms with E-state index in [9.17, 15) is 0 Å². The Labute approximate surface area is 139 Å². The van der Waals surface area contributed by atoms with Crippen molar-refractivity contribution in [3.63, 3.8) is 0 Å². The zero-order chi connectivity index (χ0) is 15.7. The maximum absolute atomic E-state index is 6.65. The van der Waals surface area contributed by atoms with Gasteiger partial charge in [0.05, 0.1) is 12.2 Å². The van der Waals surface area contributed by atoms with Gasteiger partial charge in [-0.25, -0.2) is 0 Å². The van der Waals surface area contributed by atoms with Crippen molar-refractivity contribution < 1.29 is 4.74 Å². The minimum atomic E-state index is -0.130. The molecule has 2 bridgehead atoms. The van der Waals surface area contributed by atoms with E-state index in [2.05, 4.69) is 72.6 Å². The lowest BCUT2D eigenvalue weighted by Crippen LogP contribution is -2.48. The minimum absolute atomic E-state index is 0.130. The van der Waals surface area contributed by atoms with Gasteiger partial charge in [0, 0.05) is 12.1 Å². The molecule has 0 aromatic heterocycles. The number of hydrogen-bond acceptors (Lipinski definition) is 2. The predicted octanol–water partition coefficient (Wildman–Crippen LogP) is 4.36. The third-order valence-corrected chi connectivity index (χ3v) is 5.77. The third kappa shape index (κ3) is 2.82. The summed E-state index contributed by atoms with van der Waals surface area (Å²) in [6.45, 7) is 0.693. The highest BCUT2D eigenvalue weighted by atomic mass is 16.5. The summed E-state index contributed by atoms with van der Waals surface area (Å²) in [6.07, 6.45) is 4.84. The number of benzene rings is 2. The molecule has 2 fully saturated rings. The molecule has 2 saturated heterocycles. The molecule has 4 rings (SSSR count). The Balaban J connectivity index is 1.62. The third-order valence-electron chi connectivity index (χ3n) is 5.77. The van der Waals surface area contributed by atoms with Gasteiger partial charge >= 0.3 is 0 Å². The summed E-state index contributed by atoms with van der Waals surface area (Å²) < 4.78 is 6.65. The molecule has 2 aromatic rings. The molecule has 2 heteroatoms. The van der Waals surface area contributed by atoms with Crippen LogP contribution in [-0.4, -0.2) is 24.0 Å². The first-order valence-corrected chi connectivity index (χ1v) is 8.72. The van der Waals surface area contributed by atoms with Gasteiger partial charge in [0.2, 0.25) is 0 Å². The summed E-state index contributed by atoms with van der Waals surface area (Å²) in [5, 5.41) is 0. The van der Waals surface area contributed by atoms with Gasteiger partial charge in [-0.3, -0.25) is 0 Å². The Morgan fingerprint density at radius 1 is 0.913 bits per heavy atom. The van der Waals surface area contributed by atoms with E-state index in [4.69, 9.17) is 4.74 Å². The van der Waals surface area contributed by atoms with Crippen LogP contribution in [0, 0.1) is 0 Å². The molecule has 0 saturated carbocycles. The molecular weight excluding hydrogens is 282 g/mol. The molecule has 2 aromatic carbocycles. The van der Waals surface area contributed by atoms with Gasteiger partial charge in [0.25, 0.3) is 0 Å². The highest BCUT2D eigenvalue weighted by Crippen LogP contribution is 2.47. The maximum atomic E-state index is 6.65. The van der Waals surface area contributed by atoms with Crippen LogP contribution in [0.3, 0.4) is 0 Å². The number of piperidine rings is 1. The molecule has 1 unspecified atom stereocenters. The zero-order valence-corrected chi connectivity index (χ0v) is 13.8. The topological polar surface area (TPSA) is 12.5 Å². The molecule has 0 N–H and O–H groups in total. The summed E-state index contributed by atoms with van der Waals surface area (Å²) >= 11 is 0. The summed E-state index contributed by atoms with van der Waals surface area (Å²) in [5.74, 6) is 0. The fourth-order valence-corrected chi connectivity index (χ4v) is 4.40. The van der Waals surface area contributed by atoms with Gasteiger partial charge in [-0.2, -0.15) is 0 Å². The van der Waals surface area contributed by atoms with Crippen LogP contribution in [0.25, 0.3) is 0 Å². The van der Waals surface area contributed by atoms with Crippen molar-refractivity contribution in [3.8, 4) is 0 Å². The minimum Gasteiger partial charge on any atom is -0.365 e. The number of ether oxygens (including phenoxy) is 1. The van der Waals surface area contributed by atoms with Crippen LogP contribution in [0.2, 0.25) is 0 Å². The number of fused-ring (bicyclic) bond motifs is 2. The molecule has 2 aliphatic rings. The summed E-state index contributed by atoms with van der Waals surface area (Å²) in [7, 11) is 2.29. The van der Waals surface area contributed by atoms with Crippen LogP contribution in [0.15, 0.2) is 60.7 Å². The first-order chi connectivity index (χ1) is 11.3. The number of hydrogen-bond donors (Lipinski definition) is 0. The largest absolute Gasteiger partial charge is 0.365 e. The molecule has 2 nitrogen and oxygen atoms in total. The predicted molar refractivity (Wildman–Crippen MR) is 93.2 cm³/mol. The second-order valence-corrected chi connectivity index (χ2v) is 7.09. The Bertz CT molecular complexity index is 625. The molecule has 0 amide bonds. The lowest BCUT2D eigenvalue weighted by atomic mass is 9.80. The molecule has 23 heavy (non-hydrogen) atoms. The SMILES string of the molecule is CN1[C@@H]2CC[C@H]1CC(OCc1ccccc1)(c1ccccc1)C2. The van der Waals surface area contributed by atoms with E-state index >= 15 is 0 Å². The Morgan fingerprint density at radius 2 is 1.48 bits per heavy atom. The van der Waals surface area contributed by atoms with Crippen molar-refractivity contribution in [1.29, 1.82) is 0 Å². The summed E-state index contributed by atoms with van der Waals surface area (Å²) in [4.78, 5) is 2.58. The highest BCUT2D eigenvalue weighted by molar-refractivity contribution is 5.26. The van der Waals surface area contributed by atoms with E-state index in [1.54, 1.807) is 0 Å². The first-order valence-electron chi connectivity index (χ1n) is 8.72. The maximum Gasteiger partial charge on any atom is 0.0965 e. The van der Waals surface area contributed by atoms with Crippen molar-refractivity contribution in [3.05, 3.63) is 71.8 Å². The Morgan fingerprint density at radius 3 is 2.09 bits per heavy atom. The van der Waals surface area contributed by atoms with Gasteiger partial charge in [-0.15, -0.1) is 0 Å². The van der Waals surface area contributed by atoms with E-state index in [0.717, 1.165) is 12.8 Å². The van der Waals surface area contributed by atoms with Crippen molar-refractivity contribution >= 4 is 0 Å². The van der Waals surface area contributed by atoms with Crippen LogP contribution < -0.4 is 0 Å². The standard InChI is InChI=1S/C21H25NO/c1-22-19-12-13-20(22)15-21(14-19,18-10-6-3-7-11-18)23-16-17-8-4-2-5-9-17/h2-11,19-20H,12-16H2,1H3/t19-,20+,21?. The molecule has 2 heterocycles. The van der Waals surface area contributed by atoms with Gasteiger partial charge in [0.1, 0.15) is 0 Å². The van der Waals surface area contributed by atoms with E-state index < -0.39 is 0 Å². The van der Waals surface area contributed by atoms with Gasteiger partial charge in [-0.1, -0.05) is 60.7 Å². The van der Waals surface area contributed by atoms with Gasteiger partial charge < -0.3 is 9.64 Å². The molecule has 120 valence electrons. The van der Waals surface area contributed by atoms with E-state index in [0.29, 0.717) is 18.7 Å². The molecule has 0 aliphatic carbocycles. The van der Waals surface area contributed by atoms with Crippen LogP contribution in [0.5, 0.6) is 0 Å². The quantitative estimate of drug-likeness (QED) is 0.832. The van der Waals surface area contributed by atoms with Crippen LogP contribution in [-0.2, 0) is 16.9 Å². The lowest BCUT2D eigenvalue weighted by molar-refractivity contribution is -0.115. The molecule has 0 spiro atoms. The lowest BCUT2D eigenvalue weighted by Gasteiger charge is -2.45. The average molecular weight is 307 g/mol. The first kappa shape index (κ1) is 14.9. The van der Waals surface area contributed by atoms with Gasteiger partial charge in [-0.05, 0) is 43.9 Å². The van der Waals surface area contributed by atoms with Crippen LogP contribution in [0.1, 0.15) is 36.8 Å². The normalized spacial score (nSPS) is 30.5. The highest BCUT2D eigenvalue weighted by Gasteiger charge is 2.48. The Hall–Kier alpha value is -1.64. The van der Waals surface area contributed by atoms with E-state index in [-0.39, 0.29) is 5.60 Å². The molecule has 3 atom stereocenters. The smallest absolute Gasteiger partial charge is 0.0965 e. The summed E-state index contributed by atoms with van der Waals surface area (Å²) in [6, 6.07) is 22.7. The van der Waals surface area contributed by atoms with Crippen molar-refractivity contribution in [1.82, 2.24) is 4.90 Å². The van der Waals surface area contributed by atoms with Crippen LogP contribution in [0.4, 0.5) is 0 Å². The molecule has 2 aliphatic heterocycles. The van der Waals surface area contributed by atoms with E-state index in [1.807, 2.05) is 0 Å². The van der Waals surface area contributed by atoms with E-state index in [1.165, 1.54) is 24.0 Å². The fraction of sp³-hybridized carbons (Fsp3) is 0.429. The van der Waals surface area contributed by atoms with Gasteiger partial charge in [0.15, 0.2) is 0 Å². The monoisotopic (exact) mass is 307 g/mol. The second-order valence-electron chi connectivity index (χ2n) is 7.09. The van der Waals surface area contributed by atoms with Crippen molar-refractivity contribution in [2.75, 3.05) is 7.05 Å². The number of rotatable bonds is 4. The average Bonchev–Trinajstić information content (AvgIpc) is 2.84. The zero-order valence-electron chi connectivity index (χ0n) is 13.8.